The Bertz CT molecular complexity index is 991. The zero-order chi connectivity index (χ0) is 20.9. The van der Waals surface area contributed by atoms with E-state index in [0.717, 1.165) is 43.0 Å². The summed E-state index contributed by atoms with van der Waals surface area (Å²) in [6.07, 6.45) is 0. The van der Waals surface area contributed by atoms with E-state index >= 15 is 0 Å². The second kappa shape index (κ2) is 9.19. The number of nitrogens with zero attached hydrogens (tertiary/aromatic N) is 4. The highest BCUT2D eigenvalue weighted by atomic mass is 16.5. The van der Waals surface area contributed by atoms with Crippen molar-refractivity contribution in [1.82, 2.24) is 19.9 Å². The molecule has 4 rings (SSSR count). The maximum absolute atomic E-state index is 12.3. The monoisotopic (exact) mass is 405 g/mol. The van der Waals surface area contributed by atoms with Crippen LogP contribution in [0.5, 0.6) is 0 Å². The molecule has 156 valence electrons. The first-order valence-corrected chi connectivity index (χ1v) is 10.3. The molecule has 0 spiro atoms. The first kappa shape index (κ1) is 20.3. The quantitative estimate of drug-likeness (QED) is 0.679. The number of nitrogens with one attached hydrogen (secondary N) is 1. The molecular weight excluding hydrogens is 378 g/mol. The fourth-order valence-corrected chi connectivity index (χ4v) is 3.59. The van der Waals surface area contributed by atoms with Crippen LogP contribution in [-0.2, 0) is 11.3 Å². The number of carbonyl (C=O) groups is 1. The molecule has 1 aliphatic heterocycles. The van der Waals surface area contributed by atoms with E-state index in [4.69, 9.17) is 4.52 Å². The SMILES string of the molecule is Cc1ccc(NC(=O)CN2CCN(Cc3nc(-c4ccccc4C)no3)CC2)cc1. The van der Waals surface area contributed by atoms with Gasteiger partial charge >= 0.3 is 0 Å². The number of hydrogen-bond acceptors (Lipinski definition) is 6. The maximum atomic E-state index is 12.3. The molecule has 0 unspecified atom stereocenters. The summed E-state index contributed by atoms with van der Waals surface area (Å²) in [7, 11) is 0. The van der Waals surface area contributed by atoms with E-state index in [0.29, 0.717) is 24.8 Å². The van der Waals surface area contributed by atoms with Crippen molar-refractivity contribution in [2.24, 2.45) is 0 Å². The Morgan fingerprint density at radius 3 is 2.43 bits per heavy atom. The van der Waals surface area contributed by atoms with Crippen molar-refractivity contribution in [2.45, 2.75) is 20.4 Å². The molecule has 1 saturated heterocycles. The van der Waals surface area contributed by atoms with Gasteiger partial charge in [0.15, 0.2) is 0 Å². The summed E-state index contributed by atoms with van der Waals surface area (Å²) >= 11 is 0. The highest BCUT2D eigenvalue weighted by Gasteiger charge is 2.21. The molecule has 2 heterocycles. The van der Waals surface area contributed by atoms with Crippen molar-refractivity contribution in [1.29, 1.82) is 0 Å². The standard InChI is InChI=1S/C23H27N5O2/c1-17-7-9-19(10-8-17)24-21(29)15-27-11-13-28(14-12-27)16-22-25-23(26-30-22)20-6-4-3-5-18(20)2/h3-10H,11-16H2,1-2H3,(H,24,29). The van der Waals surface area contributed by atoms with E-state index in [-0.39, 0.29) is 5.91 Å². The van der Waals surface area contributed by atoms with Crippen molar-refractivity contribution >= 4 is 11.6 Å². The molecule has 0 saturated carbocycles. The second-order valence-corrected chi connectivity index (χ2v) is 7.79. The molecule has 1 N–H and O–H groups in total. The van der Waals surface area contributed by atoms with E-state index in [1.54, 1.807) is 0 Å². The average Bonchev–Trinajstić information content (AvgIpc) is 3.20. The second-order valence-electron chi connectivity index (χ2n) is 7.79. The predicted octanol–water partition coefficient (Wildman–Crippen LogP) is 3.11. The average molecular weight is 406 g/mol. The first-order chi connectivity index (χ1) is 14.6. The van der Waals surface area contributed by atoms with Crippen LogP contribution >= 0.6 is 0 Å². The Balaban J connectivity index is 1.24. The van der Waals surface area contributed by atoms with Crippen LogP contribution in [0.15, 0.2) is 53.1 Å². The van der Waals surface area contributed by atoms with Gasteiger partial charge in [-0.05, 0) is 31.5 Å². The van der Waals surface area contributed by atoms with Crippen LogP contribution in [0.4, 0.5) is 5.69 Å². The van der Waals surface area contributed by atoms with Crippen molar-refractivity contribution in [3.8, 4) is 11.4 Å². The smallest absolute Gasteiger partial charge is 0.241 e. The number of hydrogen-bond donors (Lipinski definition) is 1. The first-order valence-electron chi connectivity index (χ1n) is 10.3. The number of rotatable bonds is 6. The number of amides is 1. The minimum Gasteiger partial charge on any atom is -0.338 e. The summed E-state index contributed by atoms with van der Waals surface area (Å²) in [6.45, 7) is 8.49. The Labute approximate surface area is 176 Å². The Morgan fingerprint density at radius 2 is 1.70 bits per heavy atom. The number of carbonyl (C=O) groups excluding carboxylic acids is 1. The van der Waals surface area contributed by atoms with Crippen molar-refractivity contribution in [3.63, 3.8) is 0 Å². The number of anilines is 1. The van der Waals surface area contributed by atoms with Gasteiger partial charge in [0, 0.05) is 37.4 Å². The normalized spacial score (nSPS) is 15.3. The van der Waals surface area contributed by atoms with Crippen LogP contribution in [0, 0.1) is 13.8 Å². The van der Waals surface area contributed by atoms with Gasteiger partial charge in [-0.15, -0.1) is 0 Å². The molecule has 1 fully saturated rings. The summed E-state index contributed by atoms with van der Waals surface area (Å²) in [5.74, 6) is 1.28. The molecule has 7 nitrogen and oxygen atoms in total. The number of aromatic nitrogens is 2. The third-order valence-electron chi connectivity index (χ3n) is 5.38. The lowest BCUT2D eigenvalue weighted by molar-refractivity contribution is -0.117. The fourth-order valence-electron chi connectivity index (χ4n) is 3.59. The highest BCUT2D eigenvalue weighted by molar-refractivity contribution is 5.92. The molecule has 1 aromatic heterocycles. The van der Waals surface area contributed by atoms with Gasteiger partial charge in [0.25, 0.3) is 0 Å². The predicted molar refractivity (Wildman–Crippen MR) is 116 cm³/mol. The summed E-state index contributed by atoms with van der Waals surface area (Å²) in [6, 6.07) is 15.9. The molecule has 0 aliphatic carbocycles. The van der Waals surface area contributed by atoms with Crippen LogP contribution < -0.4 is 5.32 Å². The molecule has 0 atom stereocenters. The van der Waals surface area contributed by atoms with Crippen molar-refractivity contribution < 1.29 is 9.32 Å². The van der Waals surface area contributed by atoms with E-state index < -0.39 is 0 Å². The number of benzene rings is 2. The van der Waals surface area contributed by atoms with Gasteiger partial charge in [0.1, 0.15) is 0 Å². The Kier molecular flexibility index (Phi) is 6.21. The third-order valence-corrected chi connectivity index (χ3v) is 5.38. The molecule has 3 aromatic rings. The molecule has 0 bridgehead atoms. The third kappa shape index (κ3) is 5.11. The lowest BCUT2D eigenvalue weighted by atomic mass is 10.1. The fraction of sp³-hybridized carbons (Fsp3) is 0.348. The summed E-state index contributed by atoms with van der Waals surface area (Å²) < 4.78 is 5.46. The van der Waals surface area contributed by atoms with Crippen LogP contribution in [0.1, 0.15) is 17.0 Å². The van der Waals surface area contributed by atoms with Crippen LogP contribution in [-0.4, -0.2) is 58.6 Å². The van der Waals surface area contributed by atoms with Gasteiger partial charge in [-0.1, -0.05) is 47.1 Å². The van der Waals surface area contributed by atoms with Gasteiger partial charge in [0.2, 0.25) is 17.6 Å². The van der Waals surface area contributed by atoms with Crippen molar-refractivity contribution in [2.75, 3.05) is 38.0 Å². The molecule has 30 heavy (non-hydrogen) atoms. The highest BCUT2D eigenvalue weighted by Crippen LogP contribution is 2.20. The summed E-state index contributed by atoms with van der Waals surface area (Å²) in [4.78, 5) is 21.3. The Hall–Kier alpha value is -3.03. The Morgan fingerprint density at radius 1 is 1.00 bits per heavy atom. The molecule has 7 heteroatoms. The molecular formula is C23H27N5O2. The zero-order valence-corrected chi connectivity index (χ0v) is 17.5. The van der Waals surface area contributed by atoms with Crippen LogP contribution in [0.3, 0.4) is 0 Å². The van der Waals surface area contributed by atoms with E-state index in [1.165, 1.54) is 5.56 Å². The van der Waals surface area contributed by atoms with Gasteiger partial charge < -0.3 is 9.84 Å². The maximum Gasteiger partial charge on any atom is 0.241 e. The van der Waals surface area contributed by atoms with Crippen LogP contribution in [0.25, 0.3) is 11.4 Å². The topological polar surface area (TPSA) is 74.5 Å². The van der Waals surface area contributed by atoms with Crippen molar-refractivity contribution in [3.05, 3.63) is 65.5 Å². The lowest BCUT2D eigenvalue weighted by Gasteiger charge is -2.33. The molecule has 1 aliphatic rings. The van der Waals surface area contributed by atoms with E-state index in [1.807, 2.05) is 62.4 Å². The minimum absolute atomic E-state index is 0.0204. The van der Waals surface area contributed by atoms with Crippen LogP contribution in [0.2, 0.25) is 0 Å². The summed E-state index contributed by atoms with van der Waals surface area (Å²) in [5, 5.41) is 7.10. The number of aryl methyl sites for hydroxylation is 2. The molecule has 0 radical (unpaired) electrons. The van der Waals surface area contributed by atoms with Gasteiger partial charge in [-0.25, -0.2) is 0 Å². The number of piperazine rings is 1. The van der Waals surface area contributed by atoms with Gasteiger partial charge in [0.05, 0.1) is 13.1 Å². The van der Waals surface area contributed by atoms with E-state index in [2.05, 4.69) is 25.3 Å². The van der Waals surface area contributed by atoms with E-state index in [9.17, 15) is 4.79 Å². The zero-order valence-electron chi connectivity index (χ0n) is 17.5. The molecule has 2 aromatic carbocycles. The lowest BCUT2D eigenvalue weighted by Crippen LogP contribution is -2.48. The minimum atomic E-state index is 0.0204. The summed E-state index contributed by atoms with van der Waals surface area (Å²) in [5.41, 5.74) is 4.14. The van der Waals surface area contributed by atoms with Gasteiger partial charge in [-0.2, -0.15) is 4.98 Å². The molecule has 1 amide bonds. The van der Waals surface area contributed by atoms with Gasteiger partial charge in [-0.3, -0.25) is 14.6 Å². The largest absolute Gasteiger partial charge is 0.338 e.